The molecule has 0 aromatic carbocycles. The van der Waals surface area contributed by atoms with Crippen molar-refractivity contribution in [2.24, 2.45) is 0 Å². The van der Waals surface area contributed by atoms with Crippen LogP contribution >= 0.6 is 0 Å². The van der Waals surface area contributed by atoms with E-state index in [-0.39, 0.29) is 11.8 Å². The van der Waals surface area contributed by atoms with Crippen LogP contribution in [-0.2, 0) is 9.47 Å². The van der Waals surface area contributed by atoms with Gasteiger partial charge in [0.2, 0.25) is 0 Å². The Labute approximate surface area is 95.6 Å². The molecule has 2 aliphatic heterocycles. The molecule has 16 heavy (non-hydrogen) atoms. The van der Waals surface area contributed by atoms with Crippen LogP contribution in [0.3, 0.4) is 0 Å². The number of rotatable bonds is 1. The Hall–Kier alpha value is -0.420. The van der Waals surface area contributed by atoms with Crippen molar-refractivity contribution in [2.45, 2.75) is 43.1 Å². The highest BCUT2D eigenvalue weighted by Crippen LogP contribution is 2.42. The van der Waals surface area contributed by atoms with Crippen molar-refractivity contribution in [1.29, 1.82) is 0 Å². The fraction of sp³-hybridized carbons (Fsp3) is 0.833. The van der Waals surface area contributed by atoms with Crippen molar-refractivity contribution in [2.75, 3.05) is 19.8 Å². The number of hydrogen-bond donors (Lipinski definition) is 2. The Balaban J connectivity index is 1.66. The molecular weight excluding hydrogens is 206 g/mol. The van der Waals surface area contributed by atoms with Crippen molar-refractivity contribution >= 4 is 0 Å². The molecule has 1 saturated carbocycles. The third-order valence-corrected chi connectivity index (χ3v) is 4.05. The lowest BCUT2D eigenvalue weighted by Crippen LogP contribution is -2.53. The van der Waals surface area contributed by atoms with Crippen molar-refractivity contribution in [3.63, 3.8) is 0 Å². The van der Waals surface area contributed by atoms with Gasteiger partial charge in [0.1, 0.15) is 0 Å². The maximum Gasteiger partial charge on any atom is 0.168 e. The van der Waals surface area contributed by atoms with E-state index in [4.69, 9.17) is 9.47 Å². The van der Waals surface area contributed by atoms with Crippen molar-refractivity contribution in [3.05, 3.63) is 12.2 Å². The molecule has 1 saturated heterocycles. The monoisotopic (exact) mass is 225 g/mol. The Kier molecular flexibility index (Phi) is 2.55. The lowest BCUT2D eigenvalue weighted by atomic mass is 9.77. The summed E-state index contributed by atoms with van der Waals surface area (Å²) in [5.74, 6) is -0.380. The summed E-state index contributed by atoms with van der Waals surface area (Å²) in [5.41, 5.74) is -0.617. The standard InChI is InChI=1S/C12H19NO3/c14-11(10-2-1-7-13-10)3-5-12(6-4-11)15-8-9-16-12/h1-2,10,13-14H,3-9H2. The van der Waals surface area contributed by atoms with Crippen LogP contribution in [0.5, 0.6) is 0 Å². The minimum atomic E-state index is -0.617. The maximum atomic E-state index is 10.6. The Morgan fingerprint density at radius 3 is 2.38 bits per heavy atom. The normalized spacial score (nSPS) is 35.9. The summed E-state index contributed by atoms with van der Waals surface area (Å²) in [6.07, 6.45) is 7.25. The summed E-state index contributed by atoms with van der Waals surface area (Å²) in [6.45, 7) is 2.26. The van der Waals surface area contributed by atoms with Gasteiger partial charge < -0.3 is 19.9 Å². The van der Waals surface area contributed by atoms with Gasteiger partial charge in [-0.05, 0) is 12.8 Å². The van der Waals surface area contributed by atoms with Crippen molar-refractivity contribution < 1.29 is 14.6 Å². The topological polar surface area (TPSA) is 50.7 Å². The summed E-state index contributed by atoms with van der Waals surface area (Å²) in [6, 6.07) is 0.103. The van der Waals surface area contributed by atoms with Crippen LogP contribution < -0.4 is 5.32 Å². The third-order valence-electron chi connectivity index (χ3n) is 4.05. The molecule has 1 atom stereocenters. The van der Waals surface area contributed by atoms with E-state index in [0.717, 1.165) is 32.2 Å². The molecule has 3 aliphatic rings. The molecule has 1 aliphatic carbocycles. The average molecular weight is 225 g/mol. The van der Waals surface area contributed by atoms with Gasteiger partial charge in [-0.3, -0.25) is 0 Å². The van der Waals surface area contributed by atoms with E-state index >= 15 is 0 Å². The second-order valence-corrected chi connectivity index (χ2v) is 5.03. The zero-order valence-corrected chi connectivity index (χ0v) is 9.45. The van der Waals surface area contributed by atoms with Crippen molar-refractivity contribution in [1.82, 2.24) is 5.32 Å². The molecule has 0 aromatic rings. The lowest BCUT2D eigenvalue weighted by molar-refractivity contribution is -0.204. The molecule has 4 nitrogen and oxygen atoms in total. The molecule has 0 aromatic heterocycles. The van der Waals surface area contributed by atoms with Crippen LogP contribution in [0.4, 0.5) is 0 Å². The number of nitrogens with one attached hydrogen (secondary N) is 1. The summed E-state index contributed by atoms with van der Waals surface area (Å²) in [7, 11) is 0. The molecule has 0 radical (unpaired) electrons. The van der Waals surface area contributed by atoms with Gasteiger partial charge in [0.15, 0.2) is 5.79 Å². The third kappa shape index (κ3) is 1.70. The molecule has 2 fully saturated rings. The predicted octanol–water partition coefficient (Wildman–Crippen LogP) is 0.563. The highest BCUT2D eigenvalue weighted by atomic mass is 16.7. The fourth-order valence-corrected chi connectivity index (χ4v) is 3.00. The first-order chi connectivity index (χ1) is 7.73. The van der Waals surface area contributed by atoms with E-state index in [1.807, 2.05) is 0 Å². The molecule has 0 bridgehead atoms. The SMILES string of the molecule is OC1(C2C=CCN2)CCC2(CC1)OCCO2. The van der Waals surface area contributed by atoms with Gasteiger partial charge in [-0.1, -0.05) is 12.2 Å². The molecule has 2 N–H and O–H groups in total. The van der Waals surface area contributed by atoms with Gasteiger partial charge in [-0.15, -0.1) is 0 Å². The Morgan fingerprint density at radius 2 is 1.81 bits per heavy atom. The van der Waals surface area contributed by atoms with Gasteiger partial charge in [0.05, 0.1) is 24.9 Å². The minimum absolute atomic E-state index is 0.103. The number of ether oxygens (including phenoxy) is 2. The molecule has 1 unspecified atom stereocenters. The highest BCUT2D eigenvalue weighted by molar-refractivity contribution is 5.12. The van der Waals surface area contributed by atoms with Crippen LogP contribution in [-0.4, -0.2) is 42.3 Å². The average Bonchev–Trinajstić information content (AvgIpc) is 2.96. The van der Waals surface area contributed by atoms with Gasteiger partial charge in [-0.2, -0.15) is 0 Å². The number of hydrogen-bond acceptors (Lipinski definition) is 4. The smallest absolute Gasteiger partial charge is 0.168 e. The van der Waals surface area contributed by atoms with Gasteiger partial charge in [0.25, 0.3) is 0 Å². The molecule has 2 heterocycles. The zero-order valence-electron chi connectivity index (χ0n) is 9.45. The van der Waals surface area contributed by atoms with E-state index in [2.05, 4.69) is 17.5 Å². The lowest BCUT2D eigenvalue weighted by Gasteiger charge is -2.43. The highest BCUT2D eigenvalue weighted by Gasteiger charge is 2.48. The summed E-state index contributed by atoms with van der Waals surface area (Å²) < 4.78 is 11.3. The molecule has 4 heteroatoms. The van der Waals surface area contributed by atoms with Crippen LogP contribution in [0.1, 0.15) is 25.7 Å². The second kappa shape index (κ2) is 3.81. The molecule has 1 spiro atoms. The molecule has 90 valence electrons. The molecule has 0 amide bonds. The Bertz CT molecular complexity index is 287. The van der Waals surface area contributed by atoms with Crippen molar-refractivity contribution in [3.8, 4) is 0 Å². The van der Waals surface area contributed by atoms with E-state index in [9.17, 15) is 5.11 Å². The minimum Gasteiger partial charge on any atom is -0.388 e. The fourth-order valence-electron chi connectivity index (χ4n) is 3.00. The summed E-state index contributed by atoms with van der Waals surface area (Å²) in [5, 5.41) is 13.9. The second-order valence-electron chi connectivity index (χ2n) is 5.03. The summed E-state index contributed by atoms with van der Waals surface area (Å²) in [4.78, 5) is 0. The van der Waals surface area contributed by atoms with E-state index in [1.165, 1.54) is 0 Å². The van der Waals surface area contributed by atoms with E-state index in [1.54, 1.807) is 0 Å². The summed E-state index contributed by atoms with van der Waals surface area (Å²) >= 11 is 0. The zero-order chi connectivity index (χ0) is 11.1. The van der Waals surface area contributed by atoms with Gasteiger partial charge in [0, 0.05) is 19.4 Å². The molecule has 3 rings (SSSR count). The van der Waals surface area contributed by atoms with E-state index < -0.39 is 5.60 Å². The quantitative estimate of drug-likeness (QED) is 0.640. The first-order valence-electron chi connectivity index (χ1n) is 6.13. The van der Waals surface area contributed by atoms with E-state index in [0.29, 0.717) is 13.2 Å². The Morgan fingerprint density at radius 1 is 1.12 bits per heavy atom. The number of aliphatic hydroxyl groups is 1. The first-order valence-corrected chi connectivity index (χ1v) is 6.13. The first kappa shape index (κ1) is 10.7. The maximum absolute atomic E-state index is 10.6. The van der Waals surface area contributed by atoms with Crippen LogP contribution in [0.2, 0.25) is 0 Å². The molecular formula is C12H19NO3. The van der Waals surface area contributed by atoms with Gasteiger partial charge in [-0.25, -0.2) is 0 Å². The van der Waals surface area contributed by atoms with Gasteiger partial charge >= 0.3 is 0 Å². The largest absolute Gasteiger partial charge is 0.388 e. The predicted molar refractivity (Wildman–Crippen MR) is 59.0 cm³/mol. The van der Waals surface area contributed by atoms with Crippen LogP contribution in [0.25, 0.3) is 0 Å². The van der Waals surface area contributed by atoms with Crippen LogP contribution in [0.15, 0.2) is 12.2 Å². The van der Waals surface area contributed by atoms with Crippen LogP contribution in [0, 0.1) is 0 Å².